The Hall–Kier alpha value is -1.54. The fourth-order valence-electron chi connectivity index (χ4n) is 5.58. The lowest BCUT2D eigenvalue weighted by Gasteiger charge is -2.44. The number of hydrogen-bond acceptors (Lipinski definition) is 6. The molecule has 1 aromatic rings. The lowest BCUT2D eigenvalue weighted by Crippen LogP contribution is -2.46. The van der Waals surface area contributed by atoms with Crippen LogP contribution in [0.3, 0.4) is 0 Å². The van der Waals surface area contributed by atoms with E-state index in [4.69, 9.17) is 14.1 Å². The first kappa shape index (κ1) is 23.6. The van der Waals surface area contributed by atoms with Gasteiger partial charge in [0.25, 0.3) is 0 Å². The van der Waals surface area contributed by atoms with Crippen molar-refractivity contribution >= 4 is 24.1 Å². The minimum absolute atomic E-state index is 0.0571. The summed E-state index contributed by atoms with van der Waals surface area (Å²) in [5.74, 6) is -0.545. The largest absolute Gasteiger partial charge is 0.494 e. The van der Waals surface area contributed by atoms with Crippen LogP contribution in [0.15, 0.2) is 12.1 Å². The Labute approximate surface area is 192 Å². The van der Waals surface area contributed by atoms with Gasteiger partial charge in [-0.05, 0) is 82.0 Å². The Balaban J connectivity index is 1.57. The molecule has 0 atom stereocenters. The molecule has 1 spiro atoms. The molecule has 1 aromatic carbocycles. The van der Waals surface area contributed by atoms with E-state index in [9.17, 15) is 9.59 Å². The molecule has 3 aliphatic rings. The van der Waals surface area contributed by atoms with Gasteiger partial charge >= 0.3 is 7.12 Å². The van der Waals surface area contributed by atoms with Crippen molar-refractivity contribution in [3.63, 3.8) is 0 Å². The van der Waals surface area contributed by atoms with E-state index in [0.717, 1.165) is 48.1 Å². The van der Waals surface area contributed by atoms with E-state index < -0.39 is 24.2 Å². The minimum Gasteiger partial charge on any atom is -0.399 e. The summed E-state index contributed by atoms with van der Waals surface area (Å²) in [5, 5.41) is 1.91. The lowest BCUT2D eigenvalue weighted by molar-refractivity contribution is -0.166. The second-order valence-corrected chi connectivity index (χ2v) is 11.0. The summed E-state index contributed by atoms with van der Waals surface area (Å²) >= 11 is 0. The molecule has 2 heterocycles. The van der Waals surface area contributed by atoms with Crippen LogP contribution < -0.4 is 5.46 Å². The van der Waals surface area contributed by atoms with Gasteiger partial charge in [-0.15, -0.1) is 0 Å². The summed E-state index contributed by atoms with van der Waals surface area (Å²) in [5.41, 5.74) is 2.66. The fourth-order valence-corrected chi connectivity index (χ4v) is 5.58. The maximum Gasteiger partial charge on any atom is 0.494 e. The highest BCUT2D eigenvalue weighted by molar-refractivity contribution is 6.62. The number of hydroxylamine groups is 2. The van der Waals surface area contributed by atoms with Gasteiger partial charge in [0.1, 0.15) is 17.5 Å². The van der Waals surface area contributed by atoms with Gasteiger partial charge in [-0.1, -0.05) is 12.1 Å². The lowest BCUT2D eigenvalue weighted by atomic mass is 9.62. The van der Waals surface area contributed by atoms with Crippen molar-refractivity contribution in [2.45, 2.75) is 84.3 Å². The quantitative estimate of drug-likeness (QED) is 0.530. The highest BCUT2D eigenvalue weighted by atomic mass is 16.7. The standard InChI is InChI=1S/C25H36BNO5/c1-16-12-18(26-31-23(3,4)24(5,6)32-26)13-17(2)21(16)22-19(28)14-25(15-20(22)29)8-10-27(30-7)11-9-25/h12-13,22H,8-11,14-15H2,1-7H3. The number of nitrogens with zero attached hydrogens (tertiary/aromatic N) is 1. The predicted molar refractivity (Wildman–Crippen MR) is 124 cm³/mol. The molecule has 0 aromatic heterocycles. The average Bonchev–Trinajstić information content (AvgIpc) is 2.91. The van der Waals surface area contributed by atoms with Crippen LogP contribution in [0, 0.1) is 19.3 Å². The van der Waals surface area contributed by atoms with Gasteiger partial charge in [0.15, 0.2) is 0 Å². The number of piperidine rings is 1. The topological polar surface area (TPSA) is 65.1 Å². The smallest absolute Gasteiger partial charge is 0.399 e. The third-order valence-corrected chi connectivity index (χ3v) is 8.21. The molecule has 0 N–H and O–H groups in total. The third-order valence-electron chi connectivity index (χ3n) is 8.21. The molecule has 4 rings (SSSR count). The number of benzene rings is 1. The summed E-state index contributed by atoms with van der Waals surface area (Å²) in [6.07, 6.45) is 2.59. The van der Waals surface area contributed by atoms with Crippen LogP contribution in [0.25, 0.3) is 0 Å². The first-order chi connectivity index (χ1) is 14.9. The van der Waals surface area contributed by atoms with E-state index in [1.54, 1.807) is 7.11 Å². The van der Waals surface area contributed by atoms with Gasteiger partial charge in [-0.25, -0.2) is 0 Å². The monoisotopic (exact) mass is 441 g/mol. The SMILES string of the molecule is CON1CCC2(CC1)CC(=O)C(c1c(C)cc(B3OC(C)(C)C(C)(C)O3)cc1C)C(=O)C2. The van der Waals surface area contributed by atoms with Crippen molar-refractivity contribution in [3.05, 3.63) is 28.8 Å². The van der Waals surface area contributed by atoms with Gasteiger partial charge in [-0.3, -0.25) is 9.59 Å². The molecule has 1 saturated carbocycles. The Morgan fingerprint density at radius 1 is 0.938 bits per heavy atom. The molecule has 0 bridgehead atoms. The molecular weight excluding hydrogens is 405 g/mol. The fraction of sp³-hybridized carbons (Fsp3) is 0.680. The third kappa shape index (κ3) is 3.98. The van der Waals surface area contributed by atoms with E-state index in [1.165, 1.54) is 0 Å². The van der Waals surface area contributed by atoms with Crippen LogP contribution in [0.4, 0.5) is 0 Å². The van der Waals surface area contributed by atoms with Gasteiger partial charge in [0.2, 0.25) is 0 Å². The zero-order chi connectivity index (χ0) is 23.5. The molecule has 2 aliphatic heterocycles. The first-order valence-electron chi connectivity index (χ1n) is 11.7. The summed E-state index contributed by atoms with van der Waals surface area (Å²) in [4.78, 5) is 32.0. The number of Topliss-reactive ketones (excluding diaryl/α,β-unsaturated/α-hetero) is 2. The van der Waals surface area contributed by atoms with Crippen molar-refractivity contribution in [3.8, 4) is 0 Å². The number of rotatable bonds is 3. The average molecular weight is 441 g/mol. The molecule has 174 valence electrons. The van der Waals surface area contributed by atoms with E-state index in [0.29, 0.717) is 12.8 Å². The molecule has 7 heteroatoms. The van der Waals surface area contributed by atoms with Crippen molar-refractivity contribution in [1.29, 1.82) is 0 Å². The molecule has 32 heavy (non-hydrogen) atoms. The van der Waals surface area contributed by atoms with E-state index in [-0.39, 0.29) is 17.0 Å². The van der Waals surface area contributed by atoms with Crippen molar-refractivity contribution in [2.75, 3.05) is 20.2 Å². The first-order valence-corrected chi connectivity index (χ1v) is 11.7. The van der Waals surface area contributed by atoms with Gasteiger partial charge in [-0.2, -0.15) is 5.06 Å². The van der Waals surface area contributed by atoms with Gasteiger partial charge in [0, 0.05) is 25.9 Å². The van der Waals surface area contributed by atoms with Crippen LogP contribution in [-0.2, 0) is 23.7 Å². The van der Waals surface area contributed by atoms with Crippen molar-refractivity contribution in [1.82, 2.24) is 5.06 Å². The zero-order valence-corrected chi connectivity index (χ0v) is 20.5. The van der Waals surface area contributed by atoms with Crippen LogP contribution in [0.2, 0.25) is 0 Å². The summed E-state index contributed by atoms with van der Waals surface area (Å²) in [6, 6.07) is 4.04. The molecule has 0 amide bonds. The molecule has 0 radical (unpaired) electrons. The summed E-state index contributed by atoms with van der Waals surface area (Å²) in [7, 11) is 1.21. The summed E-state index contributed by atoms with van der Waals surface area (Å²) < 4.78 is 12.4. The number of aryl methyl sites for hydroxylation is 2. The highest BCUT2D eigenvalue weighted by Gasteiger charge is 2.52. The number of hydrogen-bond donors (Lipinski definition) is 0. The van der Waals surface area contributed by atoms with Crippen molar-refractivity contribution in [2.24, 2.45) is 5.41 Å². The normalized spacial score (nSPS) is 25.7. The molecular formula is C25H36BNO5. The zero-order valence-electron chi connectivity index (χ0n) is 20.5. The second kappa shape index (κ2) is 8.05. The predicted octanol–water partition coefficient (Wildman–Crippen LogP) is 3.26. The van der Waals surface area contributed by atoms with E-state index in [2.05, 4.69) is 0 Å². The molecule has 2 saturated heterocycles. The number of carbonyl (C=O) groups is 2. The Kier molecular flexibility index (Phi) is 5.94. The Morgan fingerprint density at radius 2 is 1.41 bits per heavy atom. The van der Waals surface area contributed by atoms with Crippen molar-refractivity contribution < 1.29 is 23.7 Å². The van der Waals surface area contributed by atoms with Crippen LogP contribution in [-0.4, -0.2) is 55.1 Å². The van der Waals surface area contributed by atoms with E-state index >= 15 is 0 Å². The second-order valence-electron chi connectivity index (χ2n) is 11.0. The molecule has 6 nitrogen and oxygen atoms in total. The highest BCUT2D eigenvalue weighted by Crippen LogP contribution is 2.46. The Bertz CT molecular complexity index is 873. The van der Waals surface area contributed by atoms with Crippen LogP contribution in [0.5, 0.6) is 0 Å². The maximum absolute atomic E-state index is 13.3. The van der Waals surface area contributed by atoms with E-state index in [1.807, 2.05) is 58.7 Å². The van der Waals surface area contributed by atoms with Crippen LogP contribution in [0.1, 0.15) is 76.0 Å². The van der Waals surface area contributed by atoms with Gasteiger partial charge < -0.3 is 14.1 Å². The molecule has 0 unspecified atom stereocenters. The molecule has 1 aliphatic carbocycles. The Morgan fingerprint density at radius 3 is 1.84 bits per heavy atom. The molecule has 3 fully saturated rings. The van der Waals surface area contributed by atoms with Crippen LogP contribution >= 0.6 is 0 Å². The minimum atomic E-state index is -0.659. The number of ketones is 2. The maximum atomic E-state index is 13.3. The van der Waals surface area contributed by atoms with Gasteiger partial charge in [0.05, 0.1) is 18.3 Å². The summed E-state index contributed by atoms with van der Waals surface area (Å²) in [6.45, 7) is 13.6. The number of carbonyl (C=O) groups excluding carboxylic acids is 2.